The number of rotatable bonds is 5. The lowest BCUT2D eigenvalue weighted by Crippen LogP contribution is -2.28. The second-order valence-electron chi connectivity index (χ2n) is 10.9. The first-order chi connectivity index (χ1) is 14.0. The highest BCUT2D eigenvalue weighted by molar-refractivity contribution is 5.37. The molecule has 0 amide bonds. The Morgan fingerprint density at radius 3 is 1.43 bits per heavy atom. The number of ether oxygens (including phenoxy) is 1. The molecular formula is C25H48O5. The van der Waals surface area contributed by atoms with Gasteiger partial charge in [0.2, 0.25) is 0 Å². The minimum atomic E-state index is 0.191. The first kappa shape index (κ1) is 28.9. The summed E-state index contributed by atoms with van der Waals surface area (Å²) in [6.07, 6.45) is 12.0. The molecule has 0 aromatic rings. The molecule has 0 spiro atoms. The summed E-state index contributed by atoms with van der Waals surface area (Å²) >= 11 is 0. The Labute approximate surface area is 185 Å². The summed E-state index contributed by atoms with van der Waals surface area (Å²) in [5, 5.41) is 0. The molecule has 2 saturated carbocycles. The van der Waals surface area contributed by atoms with Gasteiger partial charge in [-0.15, -0.1) is 0 Å². The Hall–Kier alpha value is -1.10. The summed E-state index contributed by atoms with van der Waals surface area (Å²) in [5.74, 6) is 2.82. The van der Waals surface area contributed by atoms with E-state index in [-0.39, 0.29) is 12.6 Å². The minimum absolute atomic E-state index is 0.191. The number of carbonyl (C=O) groups excluding carboxylic acids is 2. The summed E-state index contributed by atoms with van der Waals surface area (Å²) < 4.78 is 4.96. The van der Waals surface area contributed by atoms with Crippen molar-refractivity contribution in [3.05, 3.63) is 0 Å². The van der Waals surface area contributed by atoms with Crippen LogP contribution >= 0.6 is 0 Å². The summed E-state index contributed by atoms with van der Waals surface area (Å²) in [6.45, 7) is 17.2. The lowest BCUT2D eigenvalue weighted by molar-refractivity contribution is -0.240. The normalized spacial score (nSPS) is 26.8. The summed E-state index contributed by atoms with van der Waals surface area (Å²) in [6, 6.07) is 0. The highest BCUT2D eigenvalue weighted by atomic mass is 17.2. The molecule has 5 heteroatoms. The lowest BCUT2D eigenvalue weighted by Gasteiger charge is -2.36. The maximum atomic E-state index is 10.1. The molecule has 5 nitrogen and oxygen atoms in total. The fourth-order valence-electron chi connectivity index (χ4n) is 4.62. The van der Waals surface area contributed by atoms with Crippen molar-refractivity contribution in [3.8, 4) is 0 Å². The molecule has 30 heavy (non-hydrogen) atoms. The predicted octanol–water partition coefficient (Wildman–Crippen LogP) is 6.73. The summed E-state index contributed by atoms with van der Waals surface area (Å²) in [4.78, 5) is 26.7. The van der Waals surface area contributed by atoms with Gasteiger partial charge in [0.25, 0.3) is 6.47 Å². The van der Waals surface area contributed by atoms with E-state index in [2.05, 4.69) is 58.2 Å². The quantitative estimate of drug-likeness (QED) is 0.276. The number of hydrogen-bond acceptors (Lipinski definition) is 5. The number of carbonyl (C=O) groups is 2. The molecule has 0 N–H and O–H groups in total. The van der Waals surface area contributed by atoms with Crippen molar-refractivity contribution < 1.29 is 24.1 Å². The molecule has 2 fully saturated rings. The van der Waals surface area contributed by atoms with E-state index in [1.807, 2.05) is 0 Å². The van der Waals surface area contributed by atoms with E-state index in [0.717, 1.165) is 30.6 Å². The largest absolute Gasteiger partial charge is 0.465 e. The zero-order chi connectivity index (χ0) is 23.2. The molecular weight excluding hydrogens is 380 g/mol. The first-order valence-corrected chi connectivity index (χ1v) is 11.7. The molecule has 0 aromatic carbocycles. The molecule has 0 saturated heterocycles. The predicted molar refractivity (Wildman–Crippen MR) is 122 cm³/mol. The number of hydrogen-bond donors (Lipinski definition) is 0. The zero-order valence-corrected chi connectivity index (χ0v) is 20.9. The van der Waals surface area contributed by atoms with Gasteiger partial charge in [0.05, 0.1) is 7.11 Å². The van der Waals surface area contributed by atoms with Crippen molar-refractivity contribution in [1.82, 2.24) is 0 Å². The van der Waals surface area contributed by atoms with Gasteiger partial charge < -0.3 is 9.62 Å². The van der Waals surface area contributed by atoms with Crippen LogP contribution in [0.25, 0.3) is 0 Å². The van der Waals surface area contributed by atoms with Crippen LogP contribution in [-0.2, 0) is 24.1 Å². The second-order valence-corrected chi connectivity index (χ2v) is 10.9. The fraction of sp³-hybridized carbons (Fsp3) is 0.920. The molecule has 0 atom stereocenters. The maximum absolute atomic E-state index is 10.1. The second kappa shape index (κ2) is 14.8. The molecule has 0 aliphatic heterocycles. The van der Waals surface area contributed by atoms with Gasteiger partial charge in [-0.1, -0.05) is 67.7 Å². The third kappa shape index (κ3) is 12.6. The minimum Gasteiger partial charge on any atom is -0.465 e. The van der Waals surface area contributed by atoms with Gasteiger partial charge in [0.1, 0.15) is 6.10 Å². The van der Waals surface area contributed by atoms with Crippen molar-refractivity contribution in [2.75, 3.05) is 7.11 Å². The Morgan fingerprint density at radius 2 is 1.17 bits per heavy atom. The van der Waals surface area contributed by atoms with Gasteiger partial charge in [-0.2, -0.15) is 4.89 Å². The summed E-state index contributed by atoms with van der Waals surface area (Å²) in [7, 11) is 1.26. The van der Waals surface area contributed by atoms with Gasteiger partial charge >= 0.3 is 6.47 Å². The van der Waals surface area contributed by atoms with E-state index in [1.165, 1.54) is 52.1 Å². The maximum Gasteiger partial charge on any atom is 0.330 e. The van der Waals surface area contributed by atoms with Crippen LogP contribution in [0.1, 0.15) is 106 Å². The van der Waals surface area contributed by atoms with Crippen LogP contribution in [-0.4, -0.2) is 26.2 Å². The van der Waals surface area contributed by atoms with E-state index in [4.69, 9.17) is 9.53 Å². The van der Waals surface area contributed by atoms with Gasteiger partial charge in [-0.25, -0.2) is 0 Å². The van der Waals surface area contributed by atoms with Crippen LogP contribution in [0.4, 0.5) is 0 Å². The van der Waals surface area contributed by atoms with Crippen molar-refractivity contribution in [2.24, 2.45) is 28.6 Å². The van der Waals surface area contributed by atoms with Gasteiger partial charge in [0, 0.05) is 0 Å². The lowest BCUT2D eigenvalue weighted by atomic mass is 9.69. The average Bonchev–Trinajstić information content (AvgIpc) is 2.69. The van der Waals surface area contributed by atoms with Crippen molar-refractivity contribution in [3.63, 3.8) is 0 Å². The third-order valence-corrected chi connectivity index (χ3v) is 6.93. The van der Waals surface area contributed by atoms with E-state index < -0.39 is 0 Å². The first-order valence-electron chi connectivity index (χ1n) is 11.7. The Balaban J connectivity index is 0.000000461. The van der Waals surface area contributed by atoms with Crippen LogP contribution in [0.15, 0.2) is 0 Å². The Kier molecular flexibility index (Phi) is 14.3. The topological polar surface area (TPSA) is 61.8 Å². The summed E-state index contributed by atoms with van der Waals surface area (Å²) in [5.41, 5.74) is 0.963. The fourth-order valence-corrected chi connectivity index (χ4v) is 4.62. The van der Waals surface area contributed by atoms with E-state index in [9.17, 15) is 4.79 Å². The average molecular weight is 429 g/mol. The van der Waals surface area contributed by atoms with Crippen LogP contribution in [0.5, 0.6) is 0 Å². The smallest absolute Gasteiger partial charge is 0.330 e. The Morgan fingerprint density at radius 1 is 0.733 bits per heavy atom. The Bertz CT molecular complexity index is 433. The molecule has 0 bridgehead atoms. The van der Waals surface area contributed by atoms with E-state index in [0.29, 0.717) is 17.3 Å². The monoisotopic (exact) mass is 428 g/mol. The van der Waals surface area contributed by atoms with Crippen molar-refractivity contribution >= 4 is 12.9 Å². The van der Waals surface area contributed by atoms with Crippen LogP contribution < -0.4 is 0 Å². The highest BCUT2D eigenvalue weighted by Crippen LogP contribution is 2.40. The van der Waals surface area contributed by atoms with Crippen LogP contribution in [0, 0.1) is 28.6 Å². The third-order valence-electron chi connectivity index (χ3n) is 6.93. The molecule has 0 heterocycles. The molecule has 2 aliphatic rings. The van der Waals surface area contributed by atoms with Gasteiger partial charge in [0.15, 0.2) is 0 Å². The SMILES string of the molecule is CC(C)(C)C1CCC(OC=O)CC1.CCC1CCC(C(C)(C)C)CC1.COOC=O. The molecule has 2 rings (SSSR count). The van der Waals surface area contributed by atoms with Crippen molar-refractivity contribution in [1.29, 1.82) is 0 Å². The molecule has 0 unspecified atom stereocenters. The van der Waals surface area contributed by atoms with E-state index in [1.54, 1.807) is 0 Å². The van der Waals surface area contributed by atoms with E-state index >= 15 is 0 Å². The van der Waals surface area contributed by atoms with Crippen LogP contribution in [0.3, 0.4) is 0 Å². The molecule has 178 valence electrons. The highest BCUT2D eigenvalue weighted by Gasteiger charge is 2.30. The van der Waals surface area contributed by atoms with Crippen molar-refractivity contribution in [2.45, 2.75) is 112 Å². The zero-order valence-electron chi connectivity index (χ0n) is 20.9. The van der Waals surface area contributed by atoms with Gasteiger partial charge in [-0.05, 0) is 67.1 Å². The molecule has 0 aromatic heterocycles. The van der Waals surface area contributed by atoms with Crippen LogP contribution in [0.2, 0.25) is 0 Å². The standard InChI is InChI=1S/C12H24.C11H20O2.C2H4O3/c1-5-10-6-8-11(9-7-10)12(2,3)4;1-11(2,3)9-4-6-10(7-5-9)13-8-12;1-4-5-2-3/h10-11H,5-9H2,1-4H3;8-10H,4-7H2,1-3H3;2H,1H3. The molecule has 2 aliphatic carbocycles. The van der Waals surface area contributed by atoms with Gasteiger partial charge in [-0.3, -0.25) is 9.59 Å². The molecule has 0 radical (unpaired) electrons.